The van der Waals surface area contributed by atoms with Gasteiger partial charge in [0.2, 0.25) is 0 Å². The SMILES string of the molecule is Fc1ccccc1OCCSc1nnc(-c2ccncc2)n1Cc1ccccc1. The lowest BCUT2D eigenvalue weighted by atomic mass is 10.2. The van der Waals surface area contributed by atoms with Gasteiger partial charge in [-0.15, -0.1) is 10.2 Å². The number of pyridine rings is 1. The summed E-state index contributed by atoms with van der Waals surface area (Å²) in [4.78, 5) is 4.08. The fourth-order valence-electron chi connectivity index (χ4n) is 2.86. The lowest BCUT2D eigenvalue weighted by molar-refractivity contribution is 0.325. The van der Waals surface area contributed by atoms with Crippen molar-refractivity contribution in [1.82, 2.24) is 19.7 Å². The summed E-state index contributed by atoms with van der Waals surface area (Å²) in [5.41, 5.74) is 2.12. The molecule has 0 saturated heterocycles. The van der Waals surface area contributed by atoms with Crippen LogP contribution in [0.5, 0.6) is 5.75 Å². The Morgan fingerprint density at radius 1 is 0.897 bits per heavy atom. The second-order valence-electron chi connectivity index (χ2n) is 6.24. The molecule has 0 bridgehead atoms. The average molecular weight is 406 g/mol. The number of benzene rings is 2. The Hall–Kier alpha value is -3.19. The van der Waals surface area contributed by atoms with E-state index in [-0.39, 0.29) is 11.6 Å². The molecule has 0 aliphatic heterocycles. The Labute approximate surface area is 172 Å². The fraction of sp³-hybridized carbons (Fsp3) is 0.136. The first kappa shape index (κ1) is 19.1. The van der Waals surface area contributed by atoms with Gasteiger partial charge in [0.15, 0.2) is 22.5 Å². The van der Waals surface area contributed by atoms with E-state index >= 15 is 0 Å². The number of rotatable bonds is 8. The first-order valence-electron chi connectivity index (χ1n) is 9.19. The highest BCUT2D eigenvalue weighted by molar-refractivity contribution is 7.99. The summed E-state index contributed by atoms with van der Waals surface area (Å²) in [5, 5.41) is 9.56. The third-order valence-electron chi connectivity index (χ3n) is 4.25. The van der Waals surface area contributed by atoms with Crippen LogP contribution in [0, 0.1) is 5.82 Å². The zero-order valence-corrected chi connectivity index (χ0v) is 16.4. The molecule has 2 aromatic carbocycles. The van der Waals surface area contributed by atoms with E-state index in [0.29, 0.717) is 18.9 Å². The molecule has 4 rings (SSSR count). The van der Waals surface area contributed by atoms with E-state index in [1.54, 1.807) is 30.6 Å². The minimum absolute atomic E-state index is 0.260. The van der Waals surface area contributed by atoms with Gasteiger partial charge in [0, 0.05) is 23.7 Å². The number of ether oxygens (including phenoxy) is 1. The number of aromatic nitrogens is 4. The Morgan fingerprint density at radius 3 is 2.45 bits per heavy atom. The Kier molecular flexibility index (Phi) is 6.16. The van der Waals surface area contributed by atoms with Crippen LogP contribution in [-0.2, 0) is 6.54 Å². The molecule has 7 heteroatoms. The molecule has 0 atom stereocenters. The molecule has 0 amide bonds. The van der Waals surface area contributed by atoms with E-state index in [1.807, 2.05) is 30.3 Å². The smallest absolute Gasteiger partial charge is 0.191 e. The molecule has 4 aromatic rings. The summed E-state index contributed by atoms with van der Waals surface area (Å²) in [6.45, 7) is 1.02. The van der Waals surface area contributed by atoms with Crippen molar-refractivity contribution in [2.75, 3.05) is 12.4 Å². The third kappa shape index (κ3) is 4.81. The summed E-state index contributed by atoms with van der Waals surface area (Å²) in [6, 6.07) is 20.4. The van der Waals surface area contributed by atoms with Crippen molar-refractivity contribution in [3.8, 4) is 17.1 Å². The first-order chi connectivity index (χ1) is 14.3. The number of nitrogens with zero attached hydrogens (tertiary/aromatic N) is 4. The first-order valence-corrected chi connectivity index (χ1v) is 10.2. The van der Waals surface area contributed by atoms with E-state index in [2.05, 4.69) is 31.9 Å². The van der Waals surface area contributed by atoms with Crippen LogP contribution in [-0.4, -0.2) is 32.1 Å². The number of thioether (sulfide) groups is 1. The molecule has 0 radical (unpaired) electrons. The molecule has 0 spiro atoms. The van der Waals surface area contributed by atoms with Gasteiger partial charge in [-0.25, -0.2) is 4.39 Å². The zero-order chi connectivity index (χ0) is 19.9. The van der Waals surface area contributed by atoms with Crippen molar-refractivity contribution in [3.05, 3.63) is 90.5 Å². The summed E-state index contributed by atoms with van der Waals surface area (Å²) >= 11 is 1.53. The van der Waals surface area contributed by atoms with Gasteiger partial charge < -0.3 is 4.74 Å². The Morgan fingerprint density at radius 2 is 1.66 bits per heavy atom. The summed E-state index contributed by atoms with van der Waals surface area (Å²) < 4.78 is 21.3. The maximum Gasteiger partial charge on any atom is 0.191 e. The molecule has 146 valence electrons. The number of halogens is 1. The van der Waals surface area contributed by atoms with Gasteiger partial charge in [-0.3, -0.25) is 9.55 Å². The molecular weight excluding hydrogens is 387 g/mol. The number of hydrogen-bond donors (Lipinski definition) is 0. The third-order valence-corrected chi connectivity index (χ3v) is 5.18. The quantitative estimate of drug-likeness (QED) is 0.314. The van der Waals surface area contributed by atoms with Gasteiger partial charge in [0.1, 0.15) is 0 Å². The highest BCUT2D eigenvalue weighted by Gasteiger charge is 2.15. The van der Waals surface area contributed by atoms with E-state index in [9.17, 15) is 4.39 Å². The van der Waals surface area contributed by atoms with Crippen LogP contribution in [0.15, 0.2) is 84.3 Å². The lowest BCUT2D eigenvalue weighted by Crippen LogP contribution is -2.06. The molecule has 0 saturated carbocycles. The topological polar surface area (TPSA) is 52.8 Å². The fourth-order valence-corrected chi connectivity index (χ4v) is 3.62. The van der Waals surface area contributed by atoms with Crippen LogP contribution in [0.1, 0.15) is 5.56 Å². The van der Waals surface area contributed by atoms with E-state index in [4.69, 9.17) is 4.74 Å². The molecule has 5 nitrogen and oxygen atoms in total. The van der Waals surface area contributed by atoms with Crippen molar-refractivity contribution in [2.45, 2.75) is 11.7 Å². The van der Waals surface area contributed by atoms with Crippen molar-refractivity contribution < 1.29 is 9.13 Å². The van der Waals surface area contributed by atoms with Crippen molar-refractivity contribution in [3.63, 3.8) is 0 Å². The maximum absolute atomic E-state index is 13.7. The van der Waals surface area contributed by atoms with E-state index < -0.39 is 0 Å². The summed E-state index contributed by atoms with van der Waals surface area (Å²) in [5.74, 6) is 1.31. The van der Waals surface area contributed by atoms with Crippen LogP contribution in [0.2, 0.25) is 0 Å². The van der Waals surface area contributed by atoms with Crippen molar-refractivity contribution in [2.24, 2.45) is 0 Å². The van der Waals surface area contributed by atoms with Crippen molar-refractivity contribution >= 4 is 11.8 Å². The highest BCUT2D eigenvalue weighted by Crippen LogP contribution is 2.25. The van der Waals surface area contributed by atoms with E-state index in [1.165, 1.54) is 17.8 Å². The molecular formula is C22H19FN4OS. The second kappa shape index (κ2) is 9.34. The largest absolute Gasteiger partial charge is 0.490 e. The van der Waals surface area contributed by atoms with E-state index in [0.717, 1.165) is 22.1 Å². The molecule has 0 N–H and O–H groups in total. The van der Waals surface area contributed by atoms with Crippen LogP contribution >= 0.6 is 11.8 Å². The minimum Gasteiger partial charge on any atom is -0.490 e. The van der Waals surface area contributed by atoms with Crippen molar-refractivity contribution in [1.29, 1.82) is 0 Å². The molecule has 2 heterocycles. The predicted octanol–water partition coefficient (Wildman–Crippen LogP) is 4.70. The minimum atomic E-state index is -0.357. The standard InChI is InChI=1S/C22H19FN4OS/c23-19-8-4-5-9-20(19)28-14-15-29-22-26-25-21(18-10-12-24-13-11-18)27(22)16-17-6-2-1-3-7-17/h1-13H,14-16H2. The Bertz CT molecular complexity index is 1060. The van der Waals surface area contributed by atoms with Gasteiger partial charge in [-0.1, -0.05) is 54.2 Å². The highest BCUT2D eigenvalue weighted by atomic mass is 32.2. The predicted molar refractivity (Wildman–Crippen MR) is 111 cm³/mol. The molecule has 0 fully saturated rings. The summed E-state index contributed by atoms with van der Waals surface area (Å²) in [6.07, 6.45) is 3.48. The summed E-state index contributed by atoms with van der Waals surface area (Å²) in [7, 11) is 0. The van der Waals surface area contributed by atoms with Crippen LogP contribution < -0.4 is 4.74 Å². The molecule has 0 unspecified atom stereocenters. The van der Waals surface area contributed by atoms with Crippen LogP contribution in [0.25, 0.3) is 11.4 Å². The molecule has 0 aliphatic rings. The van der Waals surface area contributed by atoms with Gasteiger partial charge in [0.25, 0.3) is 0 Å². The van der Waals surface area contributed by atoms with Gasteiger partial charge in [0.05, 0.1) is 13.2 Å². The zero-order valence-electron chi connectivity index (χ0n) is 15.6. The van der Waals surface area contributed by atoms with Gasteiger partial charge >= 0.3 is 0 Å². The number of para-hydroxylation sites is 1. The number of hydrogen-bond acceptors (Lipinski definition) is 5. The monoisotopic (exact) mass is 406 g/mol. The van der Waals surface area contributed by atoms with Crippen LogP contribution in [0.3, 0.4) is 0 Å². The molecule has 2 aromatic heterocycles. The lowest BCUT2D eigenvalue weighted by Gasteiger charge is -2.11. The molecule has 29 heavy (non-hydrogen) atoms. The van der Waals surface area contributed by atoms with Gasteiger partial charge in [-0.05, 0) is 29.8 Å². The maximum atomic E-state index is 13.7. The average Bonchev–Trinajstić information content (AvgIpc) is 3.16. The molecule has 0 aliphatic carbocycles. The Balaban J connectivity index is 1.50. The normalized spacial score (nSPS) is 10.8. The van der Waals surface area contributed by atoms with Gasteiger partial charge in [-0.2, -0.15) is 0 Å². The second-order valence-corrected chi connectivity index (χ2v) is 7.30. The van der Waals surface area contributed by atoms with Crippen LogP contribution in [0.4, 0.5) is 4.39 Å².